The highest BCUT2D eigenvalue weighted by Gasteiger charge is 2.34. The lowest BCUT2D eigenvalue weighted by atomic mass is 9.87. The topological polar surface area (TPSA) is 66.5 Å². The smallest absolute Gasteiger partial charge is 0.293 e. The van der Waals surface area contributed by atoms with Crippen LogP contribution < -0.4 is 5.32 Å². The van der Waals surface area contributed by atoms with Gasteiger partial charge in [0, 0.05) is 13.1 Å². The number of benzene rings is 1. The second-order valence-corrected chi connectivity index (χ2v) is 7.95. The van der Waals surface area contributed by atoms with Crippen molar-refractivity contribution in [2.24, 2.45) is 0 Å². The maximum atomic E-state index is 12.4. The van der Waals surface area contributed by atoms with Crippen LogP contribution >= 0.6 is 23.4 Å². The van der Waals surface area contributed by atoms with Gasteiger partial charge in [-0.3, -0.25) is 19.3 Å². The molecule has 5 nitrogen and oxygen atoms in total. The minimum Gasteiger partial charge on any atom is -0.353 e. The highest BCUT2D eigenvalue weighted by atomic mass is 35.5. The van der Waals surface area contributed by atoms with Crippen LogP contribution in [0.15, 0.2) is 29.2 Å². The van der Waals surface area contributed by atoms with Gasteiger partial charge in [-0.15, -0.1) is 11.6 Å². The monoisotopic (exact) mass is 380 g/mol. The van der Waals surface area contributed by atoms with Gasteiger partial charge in [0.2, 0.25) is 5.91 Å². The molecule has 0 atom stereocenters. The highest BCUT2D eigenvalue weighted by molar-refractivity contribution is 8.18. The zero-order valence-corrected chi connectivity index (χ0v) is 16.0. The molecule has 1 fully saturated rings. The Kier molecular flexibility index (Phi) is 6.30. The third-order valence-electron chi connectivity index (χ3n) is 3.73. The number of imide groups is 1. The lowest BCUT2D eigenvalue weighted by molar-refractivity contribution is -0.123. The summed E-state index contributed by atoms with van der Waals surface area (Å²) in [5.74, 6) is -0.815. The molecular formula is C18H21ClN2O3S. The molecule has 134 valence electrons. The molecule has 2 rings (SSSR count). The number of thioether (sulfide) groups is 1. The summed E-state index contributed by atoms with van der Waals surface area (Å²) in [7, 11) is 0. The van der Waals surface area contributed by atoms with Crippen LogP contribution in [0.5, 0.6) is 0 Å². The summed E-state index contributed by atoms with van der Waals surface area (Å²) in [5.41, 5.74) is 2.13. The average Bonchev–Trinajstić information content (AvgIpc) is 2.81. The third-order valence-corrected chi connectivity index (χ3v) is 4.88. The van der Waals surface area contributed by atoms with E-state index in [1.54, 1.807) is 6.08 Å². The van der Waals surface area contributed by atoms with E-state index in [2.05, 4.69) is 26.1 Å². The number of nitrogens with one attached hydrogen (secondary N) is 1. The van der Waals surface area contributed by atoms with Crippen molar-refractivity contribution < 1.29 is 14.4 Å². The van der Waals surface area contributed by atoms with Crippen molar-refractivity contribution in [2.45, 2.75) is 26.2 Å². The summed E-state index contributed by atoms with van der Waals surface area (Å²) in [5, 5.41) is 2.21. The third kappa shape index (κ3) is 5.09. The van der Waals surface area contributed by atoms with Crippen molar-refractivity contribution in [2.75, 3.05) is 19.0 Å². The number of carbonyl (C=O) groups excluding carboxylic acids is 3. The number of amides is 3. The molecule has 3 amide bonds. The van der Waals surface area contributed by atoms with Gasteiger partial charge in [-0.05, 0) is 34.4 Å². The fourth-order valence-corrected chi connectivity index (χ4v) is 3.24. The van der Waals surface area contributed by atoms with E-state index in [-0.39, 0.29) is 41.4 Å². The lowest BCUT2D eigenvalue weighted by Crippen LogP contribution is -2.37. The Balaban J connectivity index is 2.05. The zero-order chi connectivity index (χ0) is 18.6. The van der Waals surface area contributed by atoms with E-state index in [9.17, 15) is 14.4 Å². The predicted octanol–water partition coefficient (Wildman–Crippen LogP) is 3.38. The number of halogens is 1. The first kappa shape index (κ1) is 19.5. The molecule has 1 heterocycles. The first-order chi connectivity index (χ1) is 11.7. The summed E-state index contributed by atoms with van der Waals surface area (Å²) in [6, 6.07) is 7.93. The first-order valence-corrected chi connectivity index (χ1v) is 9.26. The van der Waals surface area contributed by atoms with Gasteiger partial charge >= 0.3 is 0 Å². The van der Waals surface area contributed by atoms with Crippen LogP contribution in [0.4, 0.5) is 4.79 Å². The molecule has 25 heavy (non-hydrogen) atoms. The number of nitrogens with zero attached hydrogens (tertiary/aromatic N) is 1. The SMILES string of the molecule is CC(C)(C)c1ccc(C=C2SC(=O)N(CCNC(=O)CCl)C2=O)cc1. The molecule has 0 aliphatic carbocycles. The van der Waals surface area contributed by atoms with E-state index in [1.807, 2.05) is 24.3 Å². The van der Waals surface area contributed by atoms with E-state index in [0.29, 0.717) is 4.91 Å². The zero-order valence-electron chi connectivity index (χ0n) is 14.5. The van der Waals surface area contributed by atoms with Crippen LogP contribution in [-0.2, 0) is 15.0 Å². The van der Waals surface area contributed by atoms with Crippen molar-refractivity contribution >= 4 is 46.5 Å². The van der Waals surface area contributed by atoms with E-state index in [1.165, 1.54) is 5.56 Å². The lowest BCUT2D eigenvalue weighted by Gasteiger charge is -2.18. The Morgan fingerprint density at radius 1 is 1.24 bits per heavy atom. The molecule has 0 bridgehead atoms. The van der Waals surface area contributed by atoms with Gasteiger partial charge < -0.3 is 5.32 Å². The molecule has 0 unspecified atom stereocenters. The standard InChI is InChI=1S/C18H21ClN2O3S/c1-18(2,3)13-6-4-12(5-7-13)10-14-16(23)21(17(24)25-14)9-8-20-15(22)11-19/h4-7,10H,8-9,11H2,1-3H3,(H,20,22). The molecular weight excluding hydrogens is 360 g/mol. The van der Waals surface area contributed by atoms with Crippen molar-refractivity contribution in [1.82, 2.24) is 10.2 Å². The Morgan fingerprint density at radius 3 is 2.44 bits per heavy atom. The van der Waals surface area contributed by atoms with Crippen molar-refractivity contribution in [3.63, 3.8) is 0 Å². The first-order valence-electron chi connectivity index (χ1n) is 7.91. The van der Waals surface area contributed by atoms with Crippen LogP contribution in [0.25, 0.3) is 6.08 Å². The van der Waals surface area contributed by atoms with Crippen LogP contribution in [-0.4, -0.2) is 40.9 Å². The fraction of sp³-hybridized carbons (Fsp3) is 0.389. The van der Waals surface area contributed by atoms with Gasteiger partial charge in [-0.2, -0.15) is 0 Å². The van der Waals surface area contributed by atoms with E-state index < -0.39 is 0 Å². The van der Waals surface area contributed by atoms with E-state index in [0.717, 1.165) is 22.2 Å². The molecule has 0 radical (unpaired) electrons. The summed E-state index contributed by atoms with van der Waals surface area (Å²) >= 11 is 6.30. The molecule has 7 heteroatoms. The molecule has 1 saturated heterocycles. The predicted molar refractivity (Wildman–Crippen MR) is 102 cm³/mol. The van der Waals surface area contributed by atoms with E-state index in [4.69, 9.17) is 11.6 Å². The van der Waals surface area contributed by atoms with Gasteiger partial charge in [-0.25, -0.2) is 0 Å². The minimum absolute atomic E-state index is 0.0594. The van der Waals surface area contributed by atoms with Crippen molar-refractivity contribution in [3.05, 3.63) is 40.3 Å². The Hall–Kier alpha value is -1.79. The number of carbonyl (C=O) groups is 3. The molecule has 1 N–H and O–H groups in total. The van der Waals surface area contributed by atoms with Gasteiger partial charge in [0.1, 0.15) is 5.88 Å². The van der Waals surface area contributed by atoms with Gasteiger partial charge in [-0.1, -0.05) is 45.0 Å². The Labute approximate surface area is 156 Å². The summed E-state index contributed by atoms with van der Waals surface area (Å²) < 4.78 is 0. The summed E-state index contributed by atoms with van der Waals surface area (Å²) in [6.07, 6.45) is 1.72. The number of rotatable bonds is 5. The molecule has 1 aromatic rings. The van der Waals surface area contributed by atoms with Crippen LogP contribution in [0, 0.1) is 0 Å². The molecule has 1 aliphatic heterocycles. The molecule has 1 aliphatic rings. The molecule has 0 saturated carbocycles. The normalized spacial score (nSPS) is 16.6. The minimum atomic E-state index is -0.338. The maximum absolute atomic E-state index is 12.4. The summed E-state index contributed by atoms with van der Waals surface area (Å²) in [4.78, 5) is 37.0. The quantitative estimate of drug-likeness (QED) is 0.628. The molecule has 0 spiro atoms. The van der Waals surface area contributed by atoms with Crippen LogP contribution in [0.1, 0.15) is 31.9 Å². The van der Waals surface area contributed by atoms with Crippen molar-refractivity contribution in [3.8, 4) is 0 Å². The average molecular weight is 381 g/mol. The van der Waals surface area contributed by atoms with Crippen LogP contribution in [0.2, 0.25) is 0 Å². The van der Waals surface area contributed by atoms with Crippen LogP contribution in [0.3, 0.4) is 0 Å². The largest absolute Gasteiger partial charge is 0.353 e. The maximum Gasteiger partial charge on any atom is 0.293 e. The number of hydrogen-bond acceptors (Lipinski definition) is 4. The Morgan fingerprint density at radius 2 is 1.88 bits per heavy atom. The second-order valence-electron chi connectivity index (χ2n) is 6.69. The van der Waals surface area contributed by atoms with Crippen molar-refractivity contribution in [1.29, 1.82) is 0 Å². The second kappa shape index (κ2) is 8.06. The fourth-order valence-electron chi connectivity index (χ4n) is 2.28. The summed E-state index contributed by atoms with van der Waals surface area (Å²) in [6.45, 7) is 6.73. The number of hydrogen-bond donors (Lipinski definition) is 1. The van der Waals surface area contributed by atoms with E-state index >= 15 is 0 Å². The van der Waals surface area contributed by atoms with Gasteiger partial charge in [0.05, 0.1) is 4.91 Å². The molecule has 1 aromatic carbocycles. The molecule has 0 aromatic heterocycles. The van der Waals surface area contributed by atoms with Gasteiger partial charge in [0.25, 0.3) is 11.1 Å². The van der Waals surface area contributed by atoms with Gasteiger partial charge in [0.15, 0.2) is 0 Å². The highest BCUT2D eigenvalue weighted by Crippen LogP contribution is 2.32. The Bertz CT molecular complexity index is 708. The number of alkyl halides is 1.